The first kappa shape index (κ1) is 17.8. The quantitative estimate of drug-likeness (QED) is 0.828. The average Bonchev–Trinajstić information content (AvgIpc) is 2.45. The Labute approximate surface area is 136 Å². The van der Waals surface area contributed by atoms with E-state index in [9.17, 15) is 26.4 Å². The molecule has 0 spiro atoms. The maximum Gasteiger partial charge on any atom is 0.573 e. The monoisotopic (exact) mass is 359 g/mol. The van der Waals surface area contributed by atoms with Crippen LogP contribution in [0, 0.1) is 0 Å². The highest BCUT2D eigenvalue weighted by atomic mass is 32.2. The molecule has 0 fully saturated rings. The third-order valence-electron chi connectivity index (χ3n) is 2.87. The predicted octanol–water partition coefficient (Wildman–Crippen LogP) is 3.59. The predicted molar refractivity (Wildman–Crippen MR) is 80.4 cm³/mol. The number of carbonyl (C=O) groups is 1. The summed E-state index contributed by atoms with van der Waals surface area (Å²) in [4.78, 5) is 10.9. The van der Waals surface area contributed by atoms with Gasteiger partial charge in [0, 0.05) is 17.3 Å². The zero-order valence-corrected chi connectivity index (χ0v) is 13.1. The van der Waals surface area contributed by atoms with Crippen molar-refractivity contribution in [2.24, 2.45) is 0 Å². The number of hydrogen-bond donors (Lipinski definition) is 1. The minimum absolute atomic E-state index is 0.116. The zero-order chi connectivity index (χ0) is 18.0. The molecule has 5 nitrogen and oxygen atoms in total. The molecule has 0 radical (unpaired) electrons. The number of benzene rings is 2. The van der Waals surface area contributed by atoms with Crippen molar-refractivity contribution in [3.63, 3.8) is 0 Å². The number of Topliss-reactive ketones (excluding diaryl/α,β-unsaturated/α-hetero) is 1. The van der Waals surface area contributed by atoms with Crippen molar-refractivity contribution in [3.8, 4) is 5.75 Å². The number of sulfonamides is 1. The van der Waals surface area contributed by atoms with E-state index in [4.69, 9.17) is 0 Å². The molecule has 0 heterocycles. The van der Waals surface area contributed by atoms with Crippen LogP contribution >= 0.6 is 0 Å². The molecule has 0 aromatic heterocycles. The van der Waals surface area contributed by atoms with E-state index in [1.807, 2.05) is 0 Å². The number of alkyl halides is 3. The van der Waals surface area contributed by atoms with E-state index in [0.29, 0.717) is 5.56 Å². The van der Waals surface area contributed by atoms with Gasteiger partial charge in [0.05, 0.1) is 4.90 Å². The second-order valence-corrected chi connectivity index (χ2v) is 6.45. The Morgan fingerprint density at radius 1 is 1.08 bits per heavy atom. The summed E-state index contributed by atoms with van der Waals surface area (Å²) in [6.45, 7) is 1.32. The van der Waals surface area contributed by atoms with E-state index in [2.05, 4.69) is 9.46 Å². The molecule has 2 aromatic carbocycles. The molecular weight excluding hydrogens is 347 g/mol. The lowest BCUT2D eigenvalue weighted by Crippen LogP contribution is -2.18. The van der Waals surface area contributed by atoms with Gasteiger partial charge in [-0.3, -0.25) is 9.52 Å². The third kappa shape index (κ3) is 4.72. The lowest BCUT2D eigenvalue weighted by Gasteiger charge is -2.12. The summed E-state index contributed by atoms with van der Waals surface area (Å²) < 4.78 is 67.1. The fourth-order valence-electron chi connectivity index (χ4n) is 1.85. The van der Waals surface area contributed by atoms with Crippen LogP contribution < -0.4 is 9.46 Å². The van der Waals surface area contributed by atoms with Gasteiger partial charge in [0.1, 0.15) is 5.75 Å². The molecule has 0 aliphatic heterocycles. The topological polar surface area (TPSA) is 72.5 Å². The van der Waals surface area contributed by atoms with Crippen LogP contribution in [0.3, 0.4) is 0 Å². The molecule has 128 valence electrons. The van der Waals surface area contributed by atoms with Crippen molar-refractivity contribution >= 4 is 21.5 Å². The summed E-state index contributed by atoms with van der Waals surface area (Å²) >= 11 is 0. The summed E-state index contributed by atoms with van der Waals surface area (Å²) in [7, 11) is -4.14. The summed E-state index contributed by atoms with van der Waals surface area (Å²) in [5, 5.41) is 0. The van der Waals surface area contributed by atoms with Crippen LogP contribution in [-0.4, -0.2) is 20.6 Å². The molecule has 0 amide bonds. The summed E-state index contributed by atoms with van der Waals surface area (Å²) in [6, 6.07) is 9.74. The van der Waals surface area contributed by atoms with Crippen molar-refractivity contribution in [1.82, 2.24) is 0 Å². The fraction of sp³-hybridized carbons (Fsp3) is 0.133. The number of halogens is 3. The molecule has 0 bridgehead atoms. The number of anilines is 1. The van der Waals surface area contributed by atoms with Gasteiger partial charge >= 0.3 is 6.36 Å². The van der Waals surface area contributed by atoms with E-state index in [0.717, 1.165) is 24.3 Å². The van der Waals surface area contributed by atoms with Crippen molar-refractivity contribution in [2.75, 3.05) is 4.72 Å². The minimum Gasteiger partial charge on any atom is -0.406 e. The maximum absolute atomic E-state index is 12.3. The van der Waals surface area contributed by atoms with Gasteiger partial charge in [0.2, 0.25) is 0 Å². The van der Waals surface area contributed by atoms with Gasteiger partial charge in [0.25, 0.3) is 10.0 Å². The van der Waals surface area contributed by atoms with Crippen molar-refractivity contribution in [2.45, 2.75) is 18.2 Å². The van der Waals surface area contributed by atoms with Gasteiger partial charge in [-0.1, -0.05) is 18.2 Å². The van der Waals surface area contributed by atoms with Gasteiger partial charge in [-0.15, -0.1) is 13.2 Å². The Hall–Kier alpha value is -2.55. The van der Waals surface area contributed by atoms with Crippen LogP contribution in [0.2, 0.25) is 0 Å². The molecule has 0 aliphatic carbocycles. The van der Waals surface area contributed by atoms with Crippen LogP contribution in [0.15, 0.2) is 53.4 Å². The normalized spacial score (nSPS) is 11.8. The molecule has 0 aliphatic rings. The highest BCUT2D eigenvalue weighted by molar-refractivity contribution is 7.92. The Bertz CT molecular complexity index is 863. The van der Waals surface area contributed by atoms with Crippen molar-refractivity contribution in [1.29, 1.82) is 0 Å². The largest absolute Gasteiger partial charge is 0.573 e. The van der Waals surface area contributed by atoms with Crippen LogP contribution in [0.5, 0.6) is 5.75 Å². The molecule has 2 aromatic rings. The molecular formula is C15H12F3NO4S. The van der Waals surface area contributed by atoms with E-state index < -0.39 is 27.0 Å². The average molecular weight is 359 g/mol. The van der Waals surface area contributed by atoms with Gasteiger partial charge in [-0.05, 0) is 31.2 Å². The van der Waals surface area contributed by atoms with Crippen molar-refractivity contribution < 1.29 is 31.1 Å². The second-order valence-electron chi connectivity index (χ2n) is 4.77. The number of rotatable bonds is 5. The van der Waals surface area contributed by atoms with Crippen LogP contribution in [0.25, 0.3) is 0 Å². The number of ketones is 1. The second kappa shape index (κ2) is 6.52. The number of nitrogens with one attached hydrogen (secondary N) is 1. The Balaban J connectivity index is 2.29. The lowest BCUT2D eigenvalue weighted by atomic mass is 10.1. The SMILES string of the molecule is CC(=O)c1cccc(NS(=O)(=O)c2cccc(OC(F)(F)F)c2)c1. The molecule has 2 rings (SSSR count). The van der Waals surface area contributed by atoms with Gasteiger partial charge < -0.3 is 4.74 Å². The van der Waals surface area contributed by atoms with E-state index in [1.54, 1.807) is 0 Å². The smallest absolute Gasteiger partial charge is 0.406 e. The molecule has 0 unspecified atom stereocenters. The van der Waals surface area contributed by atoms with Gasteiger partial charge in [-0.2, -0.15) is 0 Å². The Kier molecular flexibility index (Phi) is 4.83. The fourth-order valence-corrected chi connectivity index (χ4v) is 2.94. The molecule has 0 saturated carbocycles. The van der Waals surface area contributed by atoms with E-state index >= 15 is 0 Å². The molecule has 0 saturated heterocycles. The number of ether oxygens (including phenoxy) is 1. The first-order valence-electron chi connectivity index (χ1n) is 6.56. The summed E-state index contributed by atoms with van der Waals surface area (Å²) in [6.07, 6.45) is -4.92. The lowest BCUT2D eigenvalue weighted by molar-refractivity contribution is -0.274. The summed E-state index contributed by atoms with van der Waals surface area (Å²) in [5.41, 5.74) is 0.411. The molecule has 24 heavy (non-hydrogen) atoms. The number of carbonyl (C=O) groups excluding carboxylic acids is 1. The van der Waals surface area contributed by atoms with Crippen molar-refractivity contribution in [3.05, 3.63) is 54.1 Å². The molecule has 1 N–H and O–H groups in total. The first-order chi connectivity index (χ1) is 11.1. The number of hydrogen-bond acceptors (Lipinski definition) is 4. The van der Waals surface area contributed by atoms with Crippen LogP contribution in [0.1, 0.15) is 17.3 Å². The van der Waals surface area contributed by atoms with Gasteiger partial charge in [-0.25, -0.2) is 8.42 Å². The minimum atomic E-state index is -4.92. The highest BCUT2D eigenvalue weighted by Crippen LogP contribution is 2.26. The highest BCUT2D eigenvalue weighted by Gasteiger charge is 2.31. The van der Waals surface area contributed by atoms with Crippen LogP contribution in [0.4, 0.5) is 18.9 Å². The van der Waals surface area contributed by atoms with Gasteiger partial charge in [0.15, 0.2) is 5.78 Å². The maximum atomic E-state index is 12.3. The zero-order valence-electron chi connectivity index (χ0n) is 12.3. The third-order valence-corrected chi connectivity index (χ3v) is 4.25. The molecule has 0 atom stereocenters. The van der Waals surface area contributed by atoms with E-state index in [1.165, 1.54) is 31.2 Å². The first-order valence-corrected chi connectivity index (χ1v) is 8.05. The Morgan fingerprint density at radius 2 is 1.75 bits per heavy atom. The Morgan fingerprint density at radius 3 is 2.38 bits per heavy atom. The summed E-state index contributed by atoms with van der Waals surface area (Å²) in [5.74, 6) is -0.903. The van der Waals surface area contributed by atoms with Crippen LogP contribution in [-0.2, 0) is 10.0 Å². The van der Waals surface area contributed by atoms with E-state index in [-0.39, 0.29) is 11.5 Å². The standard InChI is InChI=1S/C15H12F3NO4S/c1-10(20)11-4-2-5-12(8-11)19-24(21,22)14-7-3-6-13(9-14)23-15(16,17)18/h2-9,19H,1H3. The molecule has 9 heteroatoms.